The Morgan fingerprint density at radius 3 is 2.74 bits per heavy atom. The molecule has 0 aliphatic carbocycles. The number of carbonyl (C=O) groups excluding carboxylic acids is 1. The number of anilines is 1. The molecule has 0 aliphatic heterocycles. The molecule has 0 saturated carbocycles. The zero-order valence-electron chi connectivity index (χ0n) is 11.0. The van der Waals surface area contributed by atoms with Gasteiger partial charge in [0.2, 0.25) is 0 Å². The Kier molecular flexibility index (Phi) is 3.85. The van der Waals surface area contributed by atoms with Gasteiger partial charge in [-0.1, -0.05) is 30.3 Å². The van der Waals surface area contributed by atoms with E-state index in [0.29, 0.717) is 12.4 Å². The number of benzene rings is 1. The predicted molar refractivity (Wildman–Crippen MR) is 72.9 cm³/mol. The second-order valence-electron chi connectivity index (χ2n) is 4.21. The fourth-order valence-corrected chi connectivity index (χ4v) is 1.90. The van der Waals surface area contributed by atoms with Crippen molar-refractivity contribution in [3.05, 3.63) is 47.7 Å². The molecule has 1 atom stereocenters. The van der Waals surface area contributed by atoms with Crippen molar-refractivity contribution in [3.63, 3.8) is 0 Å². The van der Waals surface area contributed by atoms with Gasteiger partial charge in [-0.15, -0.1) is 0 Å². The summed E-state index contributed by atoms with van der Waals surface area (Å²) in [7, 11) is 0. The summed E-state index contributed by atoms with van der Waals surface area (Å²) in [6.45, 7) is 4.05. The lowest BCUT2D eigenvalue weighted by molar-refractivity contribution is 0.0518. The van der Waals surface area contributed by atoms with Gasteiger partial charge in [0, 0.05) is 6.07 Å². The third-order valence-corrected chi connectivity index (χ3v) is 2.90. The number of ether oxygens (including phenoxy) is 1. The molecule has 0 saturated heterocycles. The lowest BCUT2D eigenvalue weighted by atomic mass is 10.1. The Morgan fingerprint density at radius 1 is 1.42 bits per heavy atom. The monoisotopic (exact) mass is 259 g/mol. The smallest absolute Gasteiger partial charge is 0.358 e. The van der Waals surface area contributed by atoms with E-state index in [-0.39, 0.29) is 11.7 Å². The van der Waals surface area contributed by atoms with Crippen molar-refractivity contribution in [2.45, 2.75) is 19.9 Å². The maximum Gasteiger partial charge on any atom is 0.358 e. The Bertz CT molecular complexity index is 563. The zero-order valence-corrected chi connectivity index (χ0v) is 11.0. The summed E-state index contributed by atoms with van der Waals surface area (Å²) in [5.74, 6) is -0.00684. The Morgan fingerprint density at radius 2 is 2.11 bits per heavy atom. The molecule has 1 aromatic carbocycles. The summed E-state index contributed by atoms with van der Waals surface area (Å²) in [5.41, 5.74) is 7.22. The molecule has 0 radical (unpaired) electrons. The largest absolute Gasteiger partial charge is 0.461 e. The van der Waals surface area contributed by atoms with Crippen LogP contribution in [-0.2, 0) is 4.74 Å². The van der Waals surface area contributed by atoms with Crippen molar-refractivity contribution >= 4 is 11.8 Å². The summed E-state index contributed by atoms with van der Waals surface area (Å²) in [6.07, 6.45) is 0. The summed E-state index contributed by atoms with van der Waals surface area (Å²) in [5, 5.41) is 4.22. The predicted octanol–water partition coefficient (Wildman–Crippen LogP) is 2.25. The van der Waals surface area contributed by atoms with Crippen LogP contribution in [-0.4, -0.2) is 22.4 Å². The molecule has 5 nitrogen and oxygen atoms in total. The molecule has 100 valence electrons. The number of aromatic nitrogens is 2. The number of hydrogen-bond donors (Lipinski definition) is 1. The van der Waals surface area contributed by atoms with Gasteiger partial charge in [-0.2, -0.15) is 5.10 Å². The third-order valence-electron chi connectivity index (χ3n) is 2.90. The molecule has 2 rings (SSSR count). The first-order valence-electron chi connectivity index (χ1n) is 6.20. The van der Waals surface area contributed by atoms with E-state index in [9.17, 15) is 4.79 Å². The number of nitrogen functional groups attached to an aromatic ring is 1. The molecule has 0 fully saturated rings. The van der Waals surface area contributed by atoms with Crippen LogP contribution in [0.5, 0.6) is 0 Å². The van der Waals surface area contributed by atoms with Gasteiger partial charge in [0.05, 0.1) is 12.6 Å². The van der Waals surface area contributed by atoms with Gasteiger partial charge in [0.15, 0.2) is 5.69 Å². The van der Waals surface area contributed by atoms with Crippen molar-refractivity contribution in [1.29, 1.82) is 0 Å². The Hall–Kier alpha value is -2.30. The molecule has 0 spiro atoms. The highest BCUT2D eigenvalue weighted by molar-refractivity contribution is 5.88. The number of hydrogen-bond acceptors (Lipinski definition) is 4. The van der Waals surface area contributed by atoms with E-state index in [1.54, 1.807) is 11.6 Å². The topological polar surface area (TPSA) is 70.1 Å². The van der Waals surface area contributed by atoms with Crippen LogP contribution in [0, 0.1) is 0 Å². The van der Waals surface area contributed by atoms with Crippen LogP contribution >= 0.6 is 0 Å². The van der Waals surface area contributed by atoms with Crippen LogP contribution in [0.15, 0.2) is 36.4 Å². The molecule has 2 aromatic rings. The quantitative estimate of drug-likeness (QED) is 0.855. The van der Waals surface area contributed by atoms with Gasteiger partial charge in [0.1, 0.15) is 5.82 Å². The fourth-order valence-electron chi connectivity index (χ4n) is 1.90. The van der Waals surface area contributed by atoms with E-state index in [1.807, 2.05) is 37.3 Å². The summed E-state index contributed by atoms with van der Waals surface area (Å²) in [4.78, 5) is 11.6. The lowest BCUT2D eigenvalue weighted by Gasteiger charge is -2.13. The highest BCUT2D eigenvalue weighted by Crippen LogP contribution is 2.21. The molecule has 0 amide bonds. The third kappa shape index (κ3) is 2.76. The number of nitrogens with two attached hydrogens (primary N) is 1. The van der Waals surface area contributed by atoms with E-state index in [1.165, 1.54) is 6.07 Å². The maximum absolute atomic E-state index is 11.6. The molecule has 1 aromatic heterocycles. The van der Waals surface area contributed by atoms with Gasteiger partial charge in [0.25, 0.3) is 0 Å². The number of nitrogens with zero attached hydrogens (tertiary/aromatic N) is 2. The van der Waals surface area contributed by atoms with E-state index >= 15 is 0 Å². The average Bonchev–Trinajstić information content (AvgIpc) is 2.81. The maximum atomic E-state index is 11.6. The van der Waals surface area contributed by atoms with Crippen molar-refractivity contribution in [2.24, 2.45) is 0 Å². The van der Waals surface area contributed by atoms with Gasteiger partial charge in [-0.25, -0.2) is 9.48 Å². The number of carbonyl (C=O) groups is 1. The molecule has 1 heterocycles. The van der Waals surface area contributed by atoms with E-state index in [4.69, 9.17) is 10.5 Å². The van der Waals surface area contributed by atoms with Gasteiger partial charge in [-0.05, 0) is 19.4 Å². The SMILES string of the molecule is CCOC(=O)c1cc(N)n(C(C)c2ccccc2)n1. The van der Waals surface area contributed by atoms with Crippen molar-refractivity contribution in [1.82, 2.24) is 9.78 Å². The molecule has 2 N–H and O–H groups in total. The van der Waals surface area contributed by atoms with E-state index < -0.39 is 5.97 Å². The highest BCUT2D eigenvalue weighted by atomic mass is 16.5. The fraction of sp³-hybridized carbons (Fsp3) is 0.286. The van der Waals surface area contributed by atoms with E-state index in [2.05, 4.69) is 5.10 Å². The second-order valence-corrected chi connectivity index (χ2v) is 4.21. The van der Waals surface area contributed by atoms with Gasteiger partial charge in [-0.3, -0.25) is 0 Å². The van der Waals surface area contributed by atoms with Crippen LogP contribution in [0.25, 0.3) is 0 Å². The van der Waals surface area contributed by atoms with Crippen LogP contribution < -0.4 is 5.73 Å². The summed E-state index contributed by atoms with van der Waals surface area (Å²) < 4.78 is 6.54. The van der Waals surface area contributed by atoms with Crippen molar-refractivity contribution in [3.8, 4) is 0 Å². The zero-order chi connectivity index (χ0) is 13.8. The first-order chi connectivity index (χ1) is 9.13. The first-order valence-corrected chi connectivity index (χ1v) is 6.20. The average molecular weight is 259 g/mol. The molecule has 5 heteroatoms. The van der Waals surface area contributed by atoms with Crippen molar-refractivity contribution in [2.75, 3.05) is 12.3 Å². The van der Waals surface area contributed by atoms with Crippen LogP contribution in [0.4, 0.5) is 5.82 Å². The molecule has 0 aliphatic rings. The van der Waals surface area contributed by atoms with E-state index in [0.717, 1.165) is 5.56 Å². The summed E-state index contributed by atoms with van der Waals surface area (Å²) >= 11 is 0. The normalized spacial score (nSPS) is 12.1. The Labute approximate surface area is 112 Å². The Balaban J connectivity index is 2.28. The molecule has 0 bridgehead atoms. The standard InChI is InChI=1S/C14H17N3O2/c1-3-19-14(18)12-9-13(15)17(16-12)10(2)11-7-5-4-6-8-11/h4-10H,3,15H2,1-2H3. The van der Waals surface area contributed by atoms with Crippen molar-refractivity contribution < 1.29 is 9.53 Å². The lowest BCUT2D eigenvalue weighted by Crippen LogP contribution is -2.12. The summed E-state index contributed by atoms with van der Waals surface area (Å²) in [6, 6.07) is 11.4. The second kappa shape index (κ2) is 5.56. The molecule has 19 heavy (non-hydrogen) atoms. The van der Waals surface area contributed by atoms with Gasteiger partial charge >= 0.3 is 5.97 Å². The molecular formula is C14H17N3O2. The van der Waals surface area contributed by atoms with Crippen LogP contribution in [0.1, 0.15) is 35.9 Å². The minimum Gasteiger partial charge on any atom is -0.461 e. The highest BCUT2D eigenvalue weighted by Gasteiger charge is 2.17. The molecular weight excluding hydrogens is 242 g/mol. The number of esters is 1. The minimum absolute atomic E-state index is 0.0376. The molecule has 1 unspecified atom stereocenters. The first kappa shape index (κ1) is 13.1. The minimum atomic E-state index is -0.451. The number of rotatable bonds is 4. The van der Waals surface area contributed by atoms with Crippen LogP contribution in [0.3, 0.4) is 0 Å². The van der Waals surface area contributed by atoms with Gasteiger partial charge < -0.3 is 10.5 Å². The van der Waals surface area contributed by atoms with Crippen LogP contribution in [0.2, 0.25) is 0 Å².